The Kier molecular flexibility index (Phi) is 5.24. The molecule has 0 spiro atoms. The van der Waals surface area contributed by atoms with E-state index in [1.807, 2.05) is 4.90 Å². The molecule has 0 atom stereocenters. The molecule has 0 bridgehead atoms. The lowest BCUT2D eigenvalue weighted by Gasteiger charge is -2.34. The molecule has 3 rings (SSSR count). The van der Waals surface area contributed by atoms with Crippen LogP contribution in [0.2, 0.25) is 10.0 Å². The van der Waals surface area contributed by atoms with Gasteiger partial charge in [-0.25, -0.2) is 9.37 Å². The Morgan fingerprint density at radius 3 is 2.60 bits per heavy atom. The Balaban J connectivity index is 1.69. The van der Waals surface area contributed by atoms with Gasteiger partial charge >= 0.3 is 0 Å². The summed E-state index contributed by atoms with van der Waals surface area (Å²) in [6.45, 7) is 1.99. The summed E-state index contributed by atoms with van der Waals surface area (Å²) in [7, 11) is 1.54. The highest BCUT2D eigenvalue weighted by molar-refractivity contribution is 6.36. The Morgan fingerprint density at radius 2 is 1.92 bits per heavy atom. The second kappa shape index (κ2) is 7.41. The number of aromatic nitrogens is 2. The van der Waals surface area contributed by atoms with Crippen LogP contribution in [0, 0.1) is 5.82 Å². The van der Waals surface area contributed by atoms with E-state index in [0.717, 1.165) is 6.07 Å². The average Bonchev–Trinajstić information content (AvgIpc) is 2.64. The number of carbonyl (C=O) groups is 1. The van der Waals surface area contributed by atoms with Gasteiger partial charge in [-0.3, -0.25) is 4.79 Å². The molecular weight excluding hydrogens is 370 g/mol. The molecule has 1 amide bonds. The fourth-order valence-corrected chi connectivity index (χ4v) is 3.03. The molecule has 1 aliphatic rings. The standard InChI is InChI=1S/C16H15Cl2FN4O2/c1-25-14-2-3-20-16(21-14)23-6-4-22(5-7-23)15(24)10-8-13(19)12(18)9-11(10)17/h2-3,8-9H,4-7H2,1H3. The van der Waals surface area contributed by atoms with E-state index in [-0.39, 0.29) is 21.5 Å². The highest BCUT2D eigenvalue weighted by atomic mass is 35.5. The molecule has 1 saturated heterocycles. The zero-order valence-electron chi connectivity index (χ0n) is 13.4. The second-order valence-corrected chi connectivity index (χ2v) is 6.24. The van der Waals surface area contributed by atoms with Gasteiger partial charge in [0.2, 0.25) is 11.8 Å². The fourth-order valence-electron chi connectivity index (χ4n) is 2.56. The highest BCUT2D eigenvalue weighted by Crippen LogP contribution is 2.26. The largest absolute Gasteiger partial charge is 0.481 e. The van der Waals surface area contributed by atoms with Gasteiger partial charge in [0.15, 0.2) is 0 Å². The Morgan fingerprint density at radius 1 is 1.20 bits per heavy atom. The SMILES string of the molecule is COc1ccnc(N2CCN(C(=O)c3cc(F)c(Cl)cc3Cl)CC2)n1. The number of amides is 1. The third-order valence-electron chi connectivity index (χ3n) is 3.92. The van der Waals surface area contributed by atoms with Gasteiger partial charge in [-0.2, -0.15) is 4.98 Å². The van der Waals surface area contributed by atoms with Crippen molar-refractivity contribution in [2.45, 2.75) is 0 Å². The maximum Gasteiger partial charge on any atom is 0.255 e. The van der Waals surface area contributed by atoms with Gasteiger partial charge in [0, 0.05) is 38.4 Å². The molecule has 0 unspecified atom stereocenters. The molecule has 1 aromatic heterocycles. The van der Waals surface area contributed by atoms with Crippen molar-refractivity contribution >= 4 is 35.1 Å². The van der Waals surface area contributed by atoms with Crippen molar-refractivity contribution < 1.29 is 13.9 Å². The zero-order chi connectivity index (χ0) is 18.0. The predicted octanol–water partition coefficient (Wildman–Crippen LogP) is 2.89. The molecule has 2 heterocycles. The Labute approximate surface area is 154 Å². The lowest BCUT2D eigenvalue weighted by molar-refractivity contribution is 0.0746. The van der Waals surface area contributed by atoms with Crippen molar-refractivity contribution in [1.82, 2.24) is 14.9 Å². The molecule has 0 aliphatic carbocycles. The Bertz CT molecular complexity index is 798. The smallest absolute Gasteiger partial charge is 0.255 e. The minimum absolute atomic E-state index is 0.106. The summed E-state index contributed by atoms with van der Waals surface area (Å²) in [6.07, 6.45) is 1.62. The average molecular weight is 385 g/mol. The summed E-state index contributed by atoms with van der Waals surface area (Å²) in [5, 5.41) is 0.0245. The third-order valence-corrected chi connectivity index (χ3v) is 4.52. The van der Waals surface area contributed by atoms with Crippen LogP contribution in [0.5, 0.6) is 5.88 Å². The number of methoxy groups -OCH3 is 1. The van der Waals surface area contributed by atoms with Crippen LogP contribution in [0.1, 0.15) is 10.4 Å². The van der Waals surface area contributed by atoms with Crippen LogP contribution in [0.3, 0.4) is 0 Å². The van der Waals surface area contributed by atoms with Gasteiger partial charge in [0.1, 0.15) is 5.82 Å². The number of piperazine rings is 1. The van der Waals surface area contributed by atoms with Crippen LogP contribution in [-0.2, 0) is 0 Å². The summed E-state index contributed by atoms with van der Waals surface area (Å²) >= 11 is 11.7. The number of carbonyl (C=O) groups excluding carboxylic acids is 1. The predicted molar refractivity (Wildman–Crippen MR) is 93.1 cm³/mol. The normalized spacial score (nSPS) is 14.6. The number of rotatable bonds is 3. The number of ether oxygens (including phenoxy) is 1. The van der Waals surface area contributed by atoms with E-state index in [0.29, 0.717) is 38.0 Å². The summed E-state index contributed by atoms with van der Waals surface area (Å²) in [6, 6.07) is 3.98. The van der Waals surface area contributed by atoms with E-state index in [1.54, 1.807) is 17.2 Å². The molecule has 132 valence electrons. The van der Waals surface area contributed by atoms with E-state index in [9.17, 15) is 9.18 Å². The van der Waals surface area contributed by atoms with E-state index < -0.39 is 5.82 Å². The molecule has 1 fully saturated rings. The number of halogens is 3. The third kappa shape index (κ3) is 3.77. The molecule has 9 heteroatoms. The lowest BCUT2D eigenvalue weighted by atomic mass is 10.1. The van der Waals surface area contributed by atoms with Crippen molar-refractivity contribution in [2.75, 3.05) is 38.2 Å². The number of hydrogen-bond donors (Lipinski definition) is 0. The zero-order valence-corrected chi connectivity index (χ0v) is 14.9. The first-order valence-corrected chi connectivity index (χ1v) is 8.31. The quantitative estimate of drug-likeness (QED) is 0.761. The van der Waals surface area contributed by atoms with Crippen LogP contribution >= 0.6 is 23.2 Å². The van der Waals surface area contributed by atoms with Gasteiger partial charge in [0.05, 0.1) is 22.7 Å². The molecule has 25 heavy (non-hydrogen) atoms. The van der Waals surface area contributed by atoms with E-state index in [4.69, 9.17) is 27.9 Å². The fraction of sp³-hybridized carbons (Fsp3) is 0.312. The van der Waals surface area contributed by atoms with Crippen LogP contribution in [-0.4, -0.2) is 54.1 Å². The van der Waals surface area contributed by atoms with Gasteiger partial charge in [-0.1, -0.05) is 23.2 Å². The molecular formula is C16H15Cl2FN4O2. The van der Waals surface area contributed by atoms with Crippen molar-refractivity contribution in [3.63, 3.8) is 0 Å². The van der Waals surface area contributed by atoms with Crippen LogP contribution in [0.15, 0.2) is 24.4 Å². The lowest BCUT2D eigenvalue weighted by Crippen LogP contribution is -2.49. The minimum Gasteiger partial charge on any atom is -0.481 e. The maximum atomic E-state index is 13.6. The highest BCUT2D eigenvalue weighted by Gasteiger charge is 2.25. The van der Waals surface area contributed by atoms with E-state index in [2.05, 4.69) is 9.97 Å². The molecule has 0 radical (unpaired) electrons. The Hall–Kier alpha value is -2.12. The van der Waals surface area contributed by atoms with E-state index in [1.165, 1.54) is 13.2 Å². The molecule has 0 N–H and O–H groups in total. The van der Waals surface area contributed by atoms with Crippen LogP contribution in [0.4, 0.5) is 10.3 Å². The van der Waals surface area contributed by atoms with Crippen molar-refractivity contribution in [2.24, 2.45) is 0 Å². The van der Waals surface area contributed by atoms with Crippen molar-refractivity contribution in [1.29, 1.82) is 0 Å². The first-order chi connectivity index (χ1) is 12.0. The first kappa shape index (κ1) is 17.7. The van der Waals surface area contributed by atoms with Crippen LogP contribution < -0.4 is 9.64 Å². The summed E-state index contributed by atoms with van der Waals surface area (Å²) in [5.41, 5.74) is 0.106. The molecule has 1 aliphatic heterocycles. The topological polar surface area (TPSA) is 58.6 Å². The van der Waals surface area contributed by atoms with Gasteiger partial charge in [0.25, 0.3) is 5.91 Å². The van der Waals surface area contributed by atoms with Gasteiger partial charge in [-0.05, 0) is 12.1 Å². The first-order valence-electron chi connectivity index (χ1n) is 7.55. The minimum atomic E-state index is -0.669. The summed E-state index contributed by atoms with van der Waals surface area (Å²) in [4.78, 5) is 24.7. The number of nitrogens with zero attached hydrogens (tertiary/aromatic N) is 4. The van der Waals surface area contributed by atoms with Crippen LogP contribution in [0.25, 0.3) is 0 Å². The summed E-state index contributed by atoms with van der Waals surface area (Å²) in [5.74, 6) is 0.0264. The number of anilines is 1. The van der Waals surface area contributed by atoms with E-state index >= 15 is 0 Å². The number of benzene rings is 1. The van der Waals surface area contributed by atoms with Gasteiger partial charge in [-0.15, -0.1) is 0 Å². The molecule has 2 aromatic rings. The van der Waals surface area contributed by atoms with Gasteiger partial charge < -0.3 is 14.5 Å². The monoisotopic (exact) mass is 384 g/mol. The maximum absolute atomic E-state index is 13.6. The van der Waals surface area contributed by atoms with Crippen molar-refractivity contribution in [3.05, 3.63) is 45.8 Å². The molecule has 0 saturated carbocycles. The summed E-state index contributed by atoms with van der Waals surface area (Å²) < 4.78 is 18.7. The second-order valence-electron chi connectivity index (χ2n) is 5.42. The number of hydrogen-bond acceptors (Lipinski definition) is 5. The van der Waals surface area contributed by atoms with Crippen molar-refractivity contribution in [3.8, 4) is 5.88 Å². The molecule has 1 aromatic carbocycles. The molecule has 6 nitrogen and oxygen atoms in total.